The molecule has 1 unspecified atom stereocenters. The molecule has 2 saturated heterocycles. The molecular formula is C8H13F2NO2S. The van der Waals surface area contributed by atoms with Crippen molar-refractivity contribution in [2.45, 2.75) is 24.8 Å². The van der Waals surface area contributed by atoms with Crippen molar-refractivity contribution in [3.05, 3.63) is 0 Å². The molecule has 0 saturated carbocycles. The van der Waals surface area contributed by atoms with E-state index in [1.165, 1.54) is 0 Å². The van der Waals surface area contributed by atoms with Gasteiger partial charge in [-0.1, -0.05) is 0 Å². The van der Waals surface area contributed by atoms with Crippen LogP contribution in [-0.2, 0) is 9.84 Å². The van der Waals surface area contributed by atoms with Gasteiger partial charge in [0.15, 0.2) is 9.84 Å². The highest BCUT2D eigenvalue weighted by atomic mass is 32.2. The number of halogens is 2. The quantitative estimate of drug-likeness (QED) is 0.652. The van der Waals surface area contributed by atoms with Crippen LogP contribution in [0.2, 0.25) is 0 Å². The zero-order chi connectivity index (χ0) is 10.4. The van der Waals surface area contributed by atoms with Crippen LogP contribution < -0.4 is 0 Å². The molecule has 2 fully saturated rings. The molecule has 82 valence electrons. The Morgan fingerprint density at radius 2 is 2.07 bits per heavy atom. The lowest BCUT2D eigenvalue weighted by molar-refractivity contribution is 0.00875. The highest BCUT2D eigenvalue weighted by Crippen LogP contribution is 2.30. The Bertz CT molecular complexity index is 328. The van der Waals surface area contributed by atoms with Gasteiger partial charge in [0.1, 0.15) is 0 Å². The molecule has 14 heavy (non-hydrogen) atoms. The smallest absolute Gasteiger partial charge is 0.261 e. The molecule has 0 radical (unpaired) electrons. The van der Waals surface area contributed by atoms with Crippen LogP contribution in [0.3, 0.4) is 0 Å². The lowest BCUT2D eigenvalue weighted by atomic mass is 10.2. The molecule has 0 amide bonds. The van der Waals surface area contributed by atoms with E-state index in [4.69, 9.17) is 0 Å². The third kappa shape index (κ3) is 2.06. The summed E-state index contributed by atoms with van der Waals surface area (Å²) in [5, 5.41) is 0. The molecule has 2 aliphatic heterocycles. The molecule has 2 heterocycles. The van der Waals surface area contributed by atoms with Gasteiger partial charge in [-0.3, -0.25) is 4.90 Å². The highest BCUT2D eigenvalue weighted by molar-refractivity contribution is 7.91. The fourth-order valence-electron chi connectivity index (χ4n) is 2.14. The molecule has 0 aromatic carbocycles. The molecule has 3 nitrogen and oxygen atoms in total. The summed E-state index contributed by atoms with van der Waals surface area (Å²) in [6, 6.07) is -0.173. The largest absolute Gasteiger partial charge is 0.293 e. The number of alkyl halides is 2. The first kappa shape index (κ1) is 10.3. The number of likely N-dealkylation sites (tertiary alicyclic amines) is 1. The molecule has 1 atom stereocenters. The Kier molecular flexibility index (Phi) is 2.30. The van der Waals surface area contributed by atoms with Gasteiger partial charge in [0.25, 0.3) is 5.92 Å². The van der Waals surface area contributed by atoms with Crippen molar-refractivity contribution in [2.75, 3.05) is 24.6 Å². The molecule has 0 N–H and O–H groups in total. The summed E-state index contributed by atoms with van der Waals surface area (Å²) < 4.78 is 48.0. The van der Waals surface area contributed by atoms with Crippen LogP contribution in [0.25, 0.3) is 0 Å². The summed E-state index contributed by atoms with van der Waals surface area (Å²) in [6.45, 7) is 0.0559. The third-order valence-corrected chi connectivity index (χ3v) is 4.67. The number of hydrogen-bond donors (Lipinski definition) is 0. The van der Waals surface area contributed by atoms with E-state index in [9.17, 15) is 17.2 Å². The second-order valence-electron chi connectivity index (χ2n) is 4.13. The zero-order valence-electron chi connectivity index (χ0n) is 7.75. The maximum atomic E-state index is 12.8. The third-order valence-electron chi connectivity index (χ3n) is 2.92. The van der Waals surface area contributed by atoms with Crippen LogP contribution in [-0.4, -0.2) is 49.9 Å². The summed E-state index contributed by atoms with van der Waals surface area (Å²) in [5.74, 6) is -2.41. The van der Waals surface area contributed by atoms with Crippen molar-refractivity contribution in [2.24, 2.45) is 0 Å². The summed E-state index contributed by atoms with van der Waals surface area (Å²) >= 11 is 0. The molecule has 0 spiro atoms. The first-order chi connectivity index (χ1) is 6.38. The van der Waals surface area contributed by atoms with Gasteiger partial charge in [-0.25, -0.2) is 17.2 Å². The van der Waals surface area contributed by atoms with E-state index in [1.54, 1.807) is 4.90 Å². The molecule has 0 aliphatic carbocycles. The molecule has 6 heteroatoms. The SMILES string of the molecule is O=S1(=O)CCC(N2CCC(F)(F)C2)C1. The molecule has 0 bridgehead atoms. The van der Waals surface area contributed by atoms with Gasteiger partial charge in [-0.2, -0.15) is 0 Å². The van der Waals surface area contributed by atoms with Gasteiger partial charge in [0, 0.05) is 19.0 Å². The van der Waals surface area contributed by atoms with E-state index in [2.05, 4.69) is 0 Å². The van der Waals surface area contributed by atoms with E-state index in [-0.39, 0.29) is 30.5 Å². The second kappa shape index (κ2) is 3.13. The average molecular weight is 225 g/mol. The Morgan fingerprint density at radius 3 is 2.50 bits per heavy atom. The molecule has 2 rings (SSSR count). The van der Waals surface area contributed by atoms with Crippen LogP contribution in [0.4, 0.5) is 8.78 Å². The van der Waals surface area contributed by atoms with Crippen molar-refractivity contribution in [1.29, 1.82) is 0 Å². The van der Waals surface area contributed by atoms with Gasteiger partial charge in [-0.15, -0.1) is 0 Å². The van der Waals surface area contributed by atoms with Gasteiger partial charge in [0.2, 0.25) is 0 Å². The van der Waals surface area contributed by atoms with Crippen LogP contribution in [0.1, 0.15) is 12.8 Å². The lowest BCUT2D eigenvalue weighted by Crippen LogP contribution is -2.36. The maximum absolute atomic E-state index is 12.8. The summed E-state index contributed by atoms with van der Waals surface area (Å²) in [7, 11) is -2.96. The Labute approximate surface area is 82.0 Å². The van der Waals surface area contributed by atoms with Crippen molar-refractivity contribution < 1.29 is 17.2 Å². The van der Waals surface area contributed by atoms with Crippen LogP contribution in [0.5, 0.6) is 0 Å². The summed E-state index contributed by atoms with van der Waals surface area (Å²) in [5.41, 5.74) is 0. The highest BCUT2D eigenvalue weighted by Gasteiger charge is 2.43. The van der Waals surface area contributed by atoms with Crippen molar-refractivity contribution >= 4 is 9.84 Å². The van der Waals surface area contributed by atoms with E-state index in [0.717, 1.165) is 0 Å². The van der Waals surface area contributed by atoms with E-state index in [0.29, 0.717) is 13.0 Å². The Morgan fingerprint density at radius 1 is 1.36 bits per heavy atom. The molecule has 2 aliphatic rings. The molecular weight excluding hydrogens is 212 g/mol. The van der Waals surface area contributed by atoms with Crippen LogP contribution in [0, 0.1) is 0 Å². The fraction of sp³-hybridized carbons (Fsp3) is 1.00. The van der Waals surface area contributed by atoms with Gasteiger partial charge < -0.3 is 0 Å². The normalized spacial score (nSPS) is 36.3. The maximum Gasteiger partial charge on any atom is 0.261 e. The van der Waals surface area contributed by atoms with E-state index in [1.807, 2.05) is 0 Å². The van der Waals surface area contributed by atoms with Crippen LogP contribution in [0.15, 0.2) is 0 Å². The number of nitrogens with zero attached hydrogens (tertiary/aromatic N) is 1. The topological polar surface area (TPSA) is 37.4 Å². The van der Waals surface area contributed by atoms with E-state index < -0.39 is 15.8 Å². The molecule has 0 aromatic rings. The predicted molar refractivity (Wildman–Crippen MR) is 48.2 cm³/mol. The fourth-order valence-corrected chi connectivity index (χ4v) is 3.90. The summed E-state index contributed by atoms with van der Waals surface area (Å²) in [4.78, 5) is 1.62. The zero-order valence-corrected chi connectivity index (χ0v) is 8.56. The van der Waals surface area contributed by atoms with E-state index >= 15 is 0 Å². The lowest BCUT2D eigenvalue weighted by Gasteiger charge is -2.21. The molecule has 0 aromatic heterocycles. The monoisotopic (exact) mass is 225 g/mol. The first-order valence-corrected chi connectivity index (χ1v) is 6.52. The number of hydrogen-bond acceptors (Lipinski definition) is 3. The van der Waals surface area contributed by atoms with Crippen molar-refractivity contribution in [1.82, 2.24) is 4.90 Å². The minimum absolute atomic E-state index is 0.0586. The standard InChI is InChI=1S/C8H13F2NO2S/c9-8(10)2-3-11(6-8)7-1-4-14(12,13)5-7/h7H,1-6H2. The van der Waals surface area contributed by atoms with Gasteiger partial charge in [0.05, 0.1) is 18.1 Å². The Hall–Kier alpha value is -0.230. The minimum atomic E-state index is -2.96. The number of sulfone groups is 1. The minimum Gasteiger partial charge on any atom is -0.293 e. The second-order valence-corrected chi connectivity index (χ2v) is 6.36. The average Bonchev–Trinajstić information content (AvgIpc) is 2.54. The first-order valence-electron chi connectivity index (χ1n) is 4.70. The van der Waals surface area contributed by atoms with Crippen molar-refractivity contribution in [3.63, 3.8) is 0 Å². The van der Waals surface area contributed by atoms with Crippen LogP contribution >= 0.6 is 0 Å². The summed E-state index contributed by atoms with van der Waals surface area (Å²) in [6.07, 6.45) is 0.377. The van der Waals surface area contributed by atoms with Gasteiger partial charge in [-0.05, 0) is 6.42 Å². The van der Waals surface area contributed by atoms with Gasteiger partial charge >= 0.3 is 0 Å². The number of rotatable bonds is 1. The van der Waals surface area contributed by atoms with Crippen molar-refractivity contribution in [3.8, 4) is 0 Å². The predicted octanol–water partition coefficient (Wildman–Crippen LogP) is 0.515. The Balaban J connectivity index is 1.99.